The van der Waals surface area contributed by atoms with Gasteiger partial charge in [-0.3, -0.25) is 9.59 Å². The molecule has 26 heavy (non-hydrogen) atoms. The van der Waals surface area contributed by atoms with E-state index in [-0.39, 0.29) is 6.42 Å². The van der Waals surface area contributed by atoms with Crippen molar-refractivity contribution in [1.82, 2.24) is 10.3 Å². The number of aromatic nitrogens is 1. The molecule has 1 unspecified atom stereocenters. The number of carboxylic acid groups (broad SMARTS) is 1. The van der Waals surface area contributed by atoms with Crippen molar-refractivity contribution < 1.29 is 19.4 Å². The van der Waals surface area contributed by atoms with Crippen molar-refractivity contribution in [2.75, 3.05) is 0 Å². The van der Waals surface area contributed by atoms with Crippen molar-refractivity contribution in [3.8, 4) is 24.0 Å². The zero-order valence-electron chi connectivity index (χ0n) is 14.2. The Kier molecular flexibility index (Phi) is 6.31. The lowest BCUT2D eigenvalue weighted by Gasteiger charge is -2.12. The van der Waals surface area contributed by atoms with Crippen LogP contribution in [0.25, 0.3) is 0 Å². The number of ether oxygens (including phenoxy) is 1. The summed E-state index contributed by atoms with van der Waals surface area (Å²) < 4.78 is 5.71. The van der Waals surface area contributed by atoms with Gasteiger partial charge in [0.1, 0.15) is 11.8 Å². The third-order valence-corrected chi connectivity index (χ3v) is 3.43. The Morgan fingerprint density at radius 2 is 2.15 bits per heavy atom. The van der Waals surface area contributed by atoms with Gasteiger partial charge >= 0.3 is 5.97 Å². The number of nitrogens with one attached hydrogen (secondary N) is 1. The third-order valence-electron chi connectivity index (χ3n) is 3.43. The number of aryl methyl sites for hydroxylation is 1. The molecule has 0 radical (unpaired) electrons. The summed E-state index contributed by atoms with van der Waals surface area (Å²) >= 11 is 0. The molecule has 0 fully saturated rings. The minimum Gasteiger partial charge on any atom is -0.481 e. The number of hydrogen-bond acceptors (Lipinski definition) is 5. The Balaban J connectivity index is 2.15. The number of rotatable bonds is 7. The molecule has 0 spiro atoms. The standard InChI is InChI=1S/C19H19N3O4/c1-3-15(10-18(23)24)22-19(25)14-5-4-6-16(9-14)26-17-8-13(11-20)7-12(2)21-17/h1,4-9,15H,10-11,20H2,2H3,(H,22,25)(H,23,24). The fourth-order valence-electron chi connectivity index (χ4n) is 2.27. The van der Waals surface area contributed by atoms with Crippen LogP contribution in [0.15, 0.2) is 36.4 Å². The zero-order valence-corrected chi connectivity index (χ0v) is 14.2. The van der Waals surface area contributed by atoms with Crippen LogP contribution in [-0.2, 0) is 11.3 Å². The van der Waals surface area contributed by atoms with Crippen molar-refractivity contribution in [3.05, 3.63) is 53.2 Å². The molecule has 0 aliphatic heterocycles. The predicted molar refractivity (Wildman–Crippen MR) is 95.7 cm³/mol. The van der Waals surface area contributed by atoms with E-state index in [1.807, 2.05) is 13.0 Å². The van der Waals surface area contributed by atoms with Gasteiger partial charge in [0.25, 0.3) is 5.91 Å². The molecule has 0 saturated heterocycles. The molecule has 2 aromatic rings. The van der Waals surface area contributed by atoms with Crippen LogP contribution in [0.3, 0.4) is 0 Å². The molecule has 2 rings (SSSR count). The molecule has 4 N–H and O–H groups in total. The van der Waals surface area contributed by atoms with Gasteiger partial charge < -0.3 is 20.9 Å². The minimum absolute atomic E-state index is 0.292. The molecular formula is C19H19N3O4. The summed E-state index contributed by atoms with van der Waals surface area (Å²) in [5, 5.41) is 11.3. The average Bonchev–Trinajstić information content (AvgIpc) is 2.60. The molecule has 0 aliphatic rings. The van der Waals surface area contributed by atoms with Crippen LogP contribution in [-0.4, -0.2) is 28.0 Å². The third kappa shape index (κ3) is 5.33. The van der Waals surface area contributed by atoms with E-state index >= 15 is 0 Å². The van der Waals surface area contributed by atoms with E-state index in [1.165, 1.54) is 6.07 Å². The molecule has 1 atom stereocenters. The van der Waals surface area contributed by atoms with Gasteiger partial charge in [0.2, 0.25) is 5.88 Å². The lowest BCUT2D eigenvalue weighted by molar-refractivity contribution is -0.137. The van der Waals surface area contributed by atoms with Crippen LogP contribution in [0.2, 0.25) is 0 Å². The number of carboxylic acids is 1. The highest BCUT2D eigenvalue weighted by Gasteiger charge is 2.15. The van der Waals surface area contributed by atoms with Gasteiger partial charge in [0.15, 0.2) is 0 Å². The lowest BCUT2D eigenvalue weighted by atomic mass is 10.1. The Bertz CT molecular complexity index is 858. The van der Waals surface area contributed by atoms with Crippen molar-refractivity contribution in [2.45, 2.75) is 25.9 Å². The maximum atomic E-state index is 12.3. The summed E-state index contributed by atoms with van der Waals surface area (Å²) in [5.74, 6) is 1.45. The van der Waals surface area contributed by atoms with Gasteiger partial charge in [-0.15, -0.1) is 6.42 Å². The predicted octanol–water partition coefficient (Wildman–Crippen LogP) is 1.85. The SMILES string of the molecule is C#CC(CC(=O)O)NC(=O)c1cccc(Oc2cc(CN)cc(C)n2)c1. The number of carbonyl (C=O) groups excluding carboxylic acids is 1. The Morgan fingerprint density at radius 1 is 1.38 bits per heavy atom. The van der Waals surface area contributed by atoms with Crippen LogP contribution in [0, 0.1) is 19.3 Å². The number of nitrogens with two attached hydrogens (primary N) is 1. The minimum atomic E-state index is -1.09. The quantitative estimate of drug-likeness (QED) is 0.655. The van der Waals surface area contributed by atoms with Crippen molar-refractivity contribution in [3.63, 3.8) is 0 Å². The molecule has 7 nitrogen and oxygen atoms in total. The fourth-order valence-corrected chi connectivity index (χ4v) is 2.27. The number of benzene rings is 1. The molecule has 0 bridgehead atoms. The highest BCUT2D eigenvalue weighted by atomic mass is 16.5. The number of pyridine rings is 1. The van der Waals surface area contributed by atoms with Crippen molar-refractivity contribution in [2.24, 2.45) is 5.73 Å². The second kappa shape index (κ2) is 8.65. The molecule has 134 valence electrons. The molecule has 1 amide bonds. The zero-order chi connectivity index (χ0) is 19.1. The first-order chi connectivity index (χ1) is 12.4. The first-order valence-corrected chi connectivity index (χ1v) is 7.85. The molecule has 0 saturated carbocycles. The summed E-state index contributed by atoms with van der Waals surface area (Å²) in [5.41, 5.74) is 7.58. The number of terminal acetylenes is 1. The van der Waals surface area contributed by atoms with E-state index in [9.17, 15) is 9.59 Å². The molecule has 1 aromatic heterocycles. The number of hydrogen-bond donors (Lipinski definition) is 3. The maximum Gasteiger partial charge on any atom is 0.306 e. The molecule has 0 aliphatic carbocycles. The summed E-state index contributed by atoms with van der Waals surface area (Å²) in [6, 6.07) is 9.11. The molecular weight excluding hydrogens is 334 g/mol. The Labute approximate surface area is 151 Å². The van der Waals surface area contributed by atoms with Gasteiger partial charge in [0.05, 0.1) is 6.42 Å². The van der Waals surface area contributed by atoms with Gasteiger partial charge in [-0.2, -0.15) is 0 Å². The summed E-state index contributed by atoms with van der Waals surface area (Å²) in [6.45, 7) is 2.19. The van der Waals surface area contributed by atoms with E-state index < -0.39 is 17.9 Å². The highest BCUT2D eigenvalue weighted by molar-refractivity contribution is 5.95. The van der Waals surface area contributed by atoms with E-state index in [4.69, 9.17) is 22.0 Å². The second-order valence-electron chi connectivity index (χ2n) is 5.58. The Morgan fingerprint density at radius 3 is 2.81 bits per heavy atom. The first kappa shape index (κ1) is 19.0. The number of amides is 1. The van der Waals surface area contributed by atoms with Crippen LogP contribution >= 0.6 is 0 Å². The summed E-state index contributed by atoms with van der Waals surface area (Å²) in [7, 11) is 0. The summed E-state index contributed by atoms with van der Waals surface area (Å²) in [4.78, 5) is 27.3. The van der Waals surface area contributed by atoms with Crippen LogP contribution in [0.1, 0.15) is 28.0 Å². The monoisotopic (exact) mass is 353 g/mol. The summed E-state index contributed by atoms with van der Waals surface area (Å²) in [6.07, 6.45) is 4.90. The van der Waals surface area contributed by atoms with E-state index in [2.05, 4.69) is 16.2 Å². The van der Waals surface area contributed by atoms with Crippen molar-refractivity contribution in [1.29, 1.82) is 0 Å². The Hall–Kier alpha value is -3.37. The van der Waals surface area contributed by atoms with Crippen LogP contribution in [0.5, 0.6) is 11.6 Å². The van der Waals surface area contributed by atoms with E-state index in [1.54, 1.807) is 24.3 Å². The highest BCUT2D eigenvalue weighted by Crippen LogP contribution is 2.22. The topological polar surface area (TPSA) is 115 Å². The number of carbonyl (C=O) groups is 2. The molecule has 7 heteroatoms. The van der Waals surface area contributed by atoms with Gasteiger partial charge in [-0.05, 0) is 36.8 Å². The average molecular weight is 353 g/mol. The molecule has 1 heterocycles. The van der Waals surface area contributed by atoms with Crippen LogP contribution < -0.4 is 15.8 Å². The molecule has 1 aromatic carbocycles. The van der Waals surface area contributed by atoms with E-state index in [0.717, 1.165) is 11.3 Å². The lowest BCUT2D eigenvalue weighted by Crippen LogP contribution is -2.35. The number of aliphatic carboxylic acids is 1. The smallest absolute Gasteiger partial charge is 0.306 e. The van der Waals surface area contributed by atoms with Crippen LogP contribution in [0.4, 0.5) is 0 Å². The van der Waals surface area contributed by atoms with Gasteiger partial charge in [-0.1, -0.05) is 12.0 Å². The van der Waals surface area contributed by atoms with Gasteiger partial charge in [0, 0.05) is 23.9 Å². The van der Waals surface area contributed by atoms with Gasteiger partial charge in [-0.25, -0.2) is 4.98 Å². The first-order valence-electron chi connectivity index (χ1n) is 7.85. The van der Waals surface area contributed by atoms with E-state index in [0.29, 0.717) is 23.7 Å². The fraction of sp³-hybridized carbons (Fsp3) is 0.211. The largest absolute Gasteiger partial charge is 0.481 e. The van der Waals surface area contributed by atoms with Crippen molar-refractivity contribution >= 4 is 11.9 Å². The normalized spacial score (nSPS) is 11.3. The second-order valence-corrected chi connectivity index (χ2v) is 5.58. The maximum absolute atomic E-state index is 12.3. The number of nitrogens with zero attached hydrogens (tertiary/aromatic N) is 1.